The van der Waals surface area contributed by atoms with Crippen LogP contribution >= 0.6 is 0 Å². The van der Waals surface area contributed by atoms with Gasteiger partial charge >= 0.3 is 0 Å². The summed E-state index contributed by atoms with van der Waals surface area (Å²) in [6.07, 6.45) is 4.84. The number of ketones is 1. The summed E-state index contributed by atoms with van der Waals surface area (Å²) in [6, 6.07) is 14.0. The van der Waals surface area contributed by atoms with Gasteiger partial charge in [0.05, 0.1) is 23.6 Å². The summed E-state index contributed by atoms with van der Waals surface area (Å²) in [7, 11) is 0. The van der Waals surface area contributed by atoms with Crippen LogP contribution in [0.5, 0.6) is 0 Å². The van der Waals surface area contributed by atoms with Gasteiger partial charge in [-0.05, 0) is 42.7 Å². The number of benzene rings is 1. The third-order valence-electron chi connectivity index (χ3n) is 4.68. The summed E-state index contributed by atoms with van der Waals surface area (Å²) < 4.78 is 0. The molecule has 1 aliphatic rings. The van der Waals surface area contributed by atoms with Crippen molar-refractivity contribution in [3.8, 4) is 0 Å². The largest absolute Gasteiger partial charge is 0.359 e. The molecular formula is C21H19N3O. The van der Waals surface area contributed by atoms with Crippen LogP contribution in [-0.2, 0) is 13.0 Å². The second kappa shape index (κ2) is 6.48. The molecule has 0 aliphatic carbocycles. The van der Waals surface area contributed by atoms with Gasteiger partial charge < -0.3 is 4.98 Å². The smallest absolute Gasteiger partial charge is 0.164 e. The number of carbonyl (C=O) groups excluding carboxylic acids is 1. The van der Waals surface area contributed by atoms with E-state index in [0.717, 1.165) is 29.1 Å². The number of hydrogen-bond acceptors (Lipinski definition) is 3. The molecule has 124 valence electrons. The number of carbonyl (C=O) groups is 1. The van der Waals surface area contributed by atoms with Crippen LogP contribution in [0.15, 0.2) is 59.9 Å². The van der Waals surface area contributed by atoms with Gasteiger partial charge in [0.15, 0.2) is 5.78 Å². The number of aliphatic imine (C=N–C) groups is 1. The lowest BCUT2D eigenvalue weighted by atomic mass is 10.0. The van der Waals surface area contributed by atoms with Crippen molar-refractivity contribution < 1.29 is 4.79 Å². The minimum atomic E-state index is 0.149. The molecular weight excluding hydrogens is 310 g/mol. The highest BCUT2D eigenvalue weighted by Gasteiger charge is 2.20. The first-order valence-electron chi connectivity index (χ1n) is 8.47. The lowest BCUT2D eigenvalue weighted by Crippen LogP contribution is -2.02. The topological polar surface area (TPSA) is 58.1 Å². The number of Topliss-reactive ketones (excluding diaryl/α,β-unsaturated/α-hetero) is 1. The number of pyridine rings is 1. The van der Waals surface area contributed by atoms with Gasteiger partial charge in [0.1, 0.15) is 0 Å². The van der Waals surface area contributed by atoms with Gasteiger partial charge in [-0.2, -0.15) is 0 Å². The Labute approximate surface area is 146 Å². The number of aromatic nitrogens is 2. The van der Waals surface area contributed by atoms with Crippen molar-refractivity contribution in [2.24, 2.45) is 4.99 Å². The Balaban J connectivity index is 1.48. The van der Waals surface area contributed by atoms with E-state index in [2.05, 4.69) is 34.0 Å². The average Bonchev–Trinajstić information content (AvgIpc) is 3.27. The molecule has 0 amide bonds. The van der Waals surface area contributed by atoms with Crippen LogP contribution in [0.2, 0.25) is 0 Å². The molecule has 1 aliphatic heterocycles. The molecule has 0 unspecified atom stereocenters. The summed E-state index contributed by atoms with van der Waals surface area (Å²) >= 11 is 0. The molecule has 4 nitrogen and oxygen atoms in total. The van der Waals surface area contributed by atoms with E-state index in [0.29, 0.717) is 18.5 Å². The second-order valence-electron chi connectivity index (χ2n) is 6.31. The van der Waals surface area contributed by atoms with Gasteiger partial charge in [-0.25, -0.2) is 0 Å². The van der Waals surface area contributed by atoms with Crippen LogP contribution < -0.4 is 0 Å². The van der Waals surface area contributed by atoms with Gasteiger partial charge in [0, 0.05) is 29.9 Å². The van der Waals surface area contributed by atoms with Crippen molar-refractivity contribution >= 4 is 11.5 Å². The average molecular weight is 329 g/mol. The molecule has 3 aromatic rings. The summed E-state index contributed by atoms with van der Waals surface area (Å²) in [4.78, 5) is 24.6. The quantitative estimate of drug-likeness (QED) is 0.722. The molecule has 25 heavy (non-hydrogen) atoms. The zero-order valence-corrected chi connectivity index (χ0v) is 14.1. The first-order valence-corrected chi connectivity index (χ1v) is 8.47. The number of aryl methyl sites for hydroxylation is 2. The van der Waals surface area contributed by atoms with Gasteiger partial charge in [-0.1, -0.05) is 24.3 Å². The van der Waals surface area contributed by atoms with E-state index >= 15 is 0 Å². The van der Waals surface area contributed by atoms with E-state index in [1.54, 1.807) is 12.4 Å². The number of H-pyrrole nitrogens is 1. The number of rotatable bonds is 5. The Hall–Kier alpha value is -3.01. The lowest BCUT2D eigenvalue weighted by molar-refractivity contribution is 0.0983. The van der Waals surface area contributed by atoms with Crippen LogP contribution in [0.1, 0.15) is 44.9 Å². The highest BCUT2D eigenvalue weighted by Crippen LogP contribution is 2.21. The normalized spacial score (nSPS) is 12.8. The van der Waals surface area contributed by atoms with E-state index in [4.69, 9.17) is 0 Å². The fourth-order valence-electron chi connectivity index (χ4n) is 3.22. The van der Waals surface area contributed by atoms with Crippen LogP contribution in [0.25, 0.3) is 0 Å². The molecule has 0 spiro atoms. The van der Waals surface area contributed by atoms with Crippen LogP contribution in [0.3, 0.4) is 0 Å². The van der Waals surface area contributed by atoms with Crippen LogP contribution in [-0.4, -0.2) is 21.5 Å². The third-order valence-corrected chi connectivity index (χ3v) is 4.68. The maximum atomic E-state index is 12.5. The minimum absolute atomic E-state index is 0.149. The third kappa shape index (κ3) is 3.03. The standard InChI is InChI=1S/C21H19N3O/c1-14-5-2-3-6-15(14)8-9-20(25)16-11-18(23-12-16)21-17-7-4-10-22-19(17)13-24-21/h2-7,10-12,23H,8-9,13H2,1H3. The molecule has 0 radical (unpaired) electrons. The number of nitrogens with one attached hydrogen (secondary N) is 1. The molecule has 0 atom stereocenters. The van der Waals surface area contributed by atoms with Gasteiger partial charge in [0.2, 0.25) is 0 Å². The number of hydrogen-bond donors (Lipinski definition) is 1. The summed E-state index contributed by atoms with van der Waals surface area (Å²) in [5, 5.41) is 0. The fraction of sp³-hybridized carbons (Fsp3) is 0.190. The molecule has 0 fully saturated rings. The lowest BCUT2D eigenvalue weighted by Gasteiger charge is -2.04. The van der Waals surface area contributed by atoms with E-state index in [-0.39, 0.29) is 5.78 Å². The molecule has 0 bridgehead atoms. The van der Waals surface area contributed by atoms with E-state index < -0.39 is 0 Å². The Morgan fingerprint density at radius 1 is 1.20 bits per heavy atom. The Morgan fingerprint density at radius 2 is 2.08 bits per heavy atom. The highest BCUT2D eigenvalue weighted by molar-refractivity contribution is 6.14. The van der Waals surface area contributed by atoms with Crippen molar-refractivity contribution in [1.82, 2.24) is 9.97 Å². The molecule has 0 saturated carbocycles. The predicted molar refractivity (Wildman–Crippen MR) is 98.2 cm³/mol. The second-order valence-corrected chi connectivity index (χ2v) is 6.31. The predicted octanol–water partition coefficient (Wildman–Crippen LogP) is 3.88. The maximum absolute atomic E-state index is 12.5. The zero-order chi connectivity index (χ0) is 17.2. The van der Waals surface area contributed by atoms with Crippen molar-refractivity contribution in [2.45, 2.75) is 26.3 Å². The van der Waals surface area contributed by atoms with Gasteiger partial charge in [-0.3, -0.25) is 14.8 Å². The van der Waals surface area contributed by atoms with Crippen molar-refractivity contribution in [3.63, 3.8) is 0 Å². The first kappa shape index (κ1) is 15.5. The van der Waals surface area contributed by atoms with Gasteiger partial charge in [0.25, 0.3) is 0 Å². The molecule has 1 aromatic carbocycles. The monoisotopic (exact) mass is 329 g/mol. The molecule has 1 N–H and O–H groups in total. The van der Waals surface area contributed by atoms with E-state index in [9.17, 15) is 4.79 Å². The van der Waals surface area contributed by atoms with Crippen molar-refractivity contribution in [1.29, 1.82) is 0 Å². The Bertz CT molecular complexity index is 969. The first-order chi connectivity index (χ1) is 12.2. The highest BCUT2D eigenvalue weighted by atomic mass is 16.1. The fourth-order valence-corrected chi connectivity index (χ4v) is 3.22. The number of fused-ring (bicyclic) bond motifs is 1. The zero-order valence-electron chi connectivity index (χ0n) is 14.1. The van der Waals surface area contributed by atoms with E-state index in [1.165, 1.54) is 11.1 Å². The SMILES string of the molecule is Cc1ccccc1CCC(=O)c1c[nH]c(C2=NCc3ncccc32)c1. The number of nitrogens with zero attached hydrogens (tertiary/aromatic N) is 2. The minimum Gasteiger partial charge on any atom is -0.359 e. The molecule has 2 aromatic heterocycles. The Kier molecular flexibility index (Phi) is 4.02. The summed E-state index contributed by atoms with van der Waals surface area (Å²) in [5.74, 6) is 0.149. The Morgan fingerprint density at radius 3 is 2.96 bits per heavy atom. The van der Waals surface area contributed by atoms with Gasteiger partial charge in [-0.15, -0.1) is 0 Å². The summed E-state index contributed by atoms with van der Waals surface area (Å²) in [5.41, 5.74) is 6.97. The summed E-state index contributed by atoms with van der Waals surface area (Å²) in [6.45, 7) is 2.68. The van der Waals surface area contributed by atoms with Crippen molar-refractivity contribution in [2.75, 3.05) is 0 Å². The number of aromatic amines is 1. The molecule has 4 heteroatoms. The molecule has 3 heterocycles. The van der Waals surface area contributed by atoms with Crippen LogP contribution in [0, 0.1) is 6.92 Å². The maximum Gasteiger partial charge on any atom is 0.164 e. The van der Waals surface area contributed by atoms with Crippen molar-refractivity contribution in [3.05, 3.63) is 88.5 Å². The molecule has 4 rings (SSSR count). The van der Waals surface area contributed by atoms with Crippen LogP contribution in [0.4, 0.5) is 0 Å². The van der Waals surface area contributed by atoms with E-state index in [1.807, 2.05) is 30.3 Å². The molecule has 0 saturated heterocycles.